The van der Waals surface area contributed by atoms with Crippen LogP contribution in [0.3, 0.4) is 0 Å². The van der Waals surface area contributed by atoms with Crippen LogP contribution in [0.4, 0.5) is 5.69 Å². The molecule has 26 heavy (non-hydrogen) atoms. The Labute approximate surface area is 167 Å². The van der Waals surface area contributed by atoms with Crippen molar-refractivity contribution in [3.05, 3.63) is 21.9 Å². The Hall–Kier alpha value is -0.850. The van der Waals surface area contributed by atoms with Gasteiger partial charge in [-0.05, 0) is 66.9 Å². The molecule has 0 radical (unpaired) electrons. The standard InChI is InChI=1S/C19H25BrClN3O2/c20-13-10-16(17(21)22-11-13)23-8-1-6-19(12-23)7-9-24(18(19)26)14-2-4-15(25)5-3-14/h10-11,14-15,25H,1-9,12H2/t14?,15?,19-/m1/s1. The third kappa shape index (κ3) is 3.36. The molecule has 3 fully saturated rings. The Kier molecular flexibility index (Phi) is 5.19. The van der Waals surface area contributed by atoms with Crippen LogP contribution in [-0.4, -0.2) is 52.7 Å². The largest absolute Gasteiger partial charge is 0.393 e. The fourth-order valence-corrected chi connectivity index (χ4v) is 5.46. The summed E-state index contributed by atoms with van der Waals surface area (Å²) in [5.74, 6) is 0.308. The molecule has 5 nitrogen and oxygen atoms in total. The molecule has 1 aliphatic carbocycles. The third-order valence-electron chi connectivity index (χ3n) is 6.36. The van der Waals surface area contributed by atoms with E-state index in [1.807, 2.05) is 6.07 Å². The molecule has 3 aliphatic rings. The molecule has 1 atom stereocenters. The number of pyridine rings is 1. The van der Waals surface area contributed by atoms with Gasteiger partial charge in [-0.25, -0.2) is 4.98 Å². The van der Waals surface area contributed by atoms with Crippen molar-refractivity contribution in [2.24, 2.45) is 5.41 Å². The van der Waals surface area contributed by atoms with Crippen molar-refractivity contribution in [3.8, 4) is 0 Å². The highest BCUT2D eigenvalue weighted by Gasteiger charge is 2.50. The normalized spacial score (nSPS) is 32.5. The number of likely N-dealkylation sites (tertiary alicyclic amines) is 1. The molecular weight excluding hydrogens is 418 g/mol. The Morgan fingerprint density at radius 1 is 1.23 bits per heavy atom. The summed E-state index contributed by atoms with van der Waals surface area (Å²) in [5, 5.41) is 10.2. The molecule has 0 unspecified atom stereocenters. The quantitative estimate of drug-likeness (QED) is 0.711. The van der Waals surface area contributed by atoms with E-state index in [0.717, 1.165) is 74.7 Å². The number of carbonyl (C=O) groups excluding carboxylic acids is 1. The van der Waals surface area contributed by atoms with Crippen LogP contribution in [0.1, 0.15) is 44.9 Å². The Morgan fingerprint density at radius 3 is 2.77 bits per heavy atom. The second-order valence-corrected chi connectivity index (χ2v) is 9.25. The molecule has 2 saturated heterocycles. The number of aliphatic hydroxyl groups excluding tert-OH is 1. The molecule has 1 aromatic heterocycles. The number of carbonyl (C=O) groups is 1. The molecule has 1 saturated carbocycles. The lowest BCUT2D eigenvalue weighted by atomic mass is 9.78. The number of hydrogen-bond acceptors (Lipinski definition) is 4. The van der Waals surface area contributed by atoms with Crippen LogP contribution in [0.5, 0.6) is 0 Å². The molecule has 142 valence electrons. The van der Waals surface area contributed by atoms with Gasteiger partial charge in [0.25, 0.3) is 0 Å². The minimum atomic E-state index is -0.292. The van der Waals surface area contributed by atoms with Gasteiger partial charge in [0, 0.05) is 36.3 Å². The zero-order chi connectivity index (χ0) is 18.3. The first-order valence-corrected chi connectivity index (χ1v) is 10.7. The SMILES string of the molecule is O=C1N(C2CCC(O)CC2)CC[C@@]12CCCN(c1cc(Br)cnc1Cl)C2. The summed E-state index contributed by atoms with van der Waals surface area (Å²) in [6, 6.07) is 2.30. The van der Waals surface area contributed by atoms with E-state index in [0.29, 0.717) is 17.1 Å². The van der Waals surface area contributed by atoms with Crippen molar-refractivity contribution in [1.29, 1.82) is 0 Å². The molecule has 1 amide bonds. The van der Waals surface area contributed by atoms with Gasteiger partial charge in [0.15, 0.2) is 5.15 Å². The van der Waals surface area contributed by atoms with Gasteiger partial charge in [0.1, 0.15) is 0 Å². The zero-order valence-electron chi connectivity index (χ0n) is 14.8. The van der Waals surface area contributed by atoms with Crippen molar-refractivity contribution in [2.45, 2.75) is 57.1 Å². The average Bonchev–Trinajstić information content (AvgIpc) is 2.94. The Bertz CT molecular complexity index is 695. The van der Waals surface area contributed by atoms with Gasteiger partial charge in [0.05, 0.1) is 17.2 Å². The van der Waals surface area contributed by atoms with E-state index in [2.05, 4.69) is 30.7 Å². The molecule has 1 spiro atoms. The number of halogens is 2. The monoisotopic (exact) mass is 441 g/mol. The van der Waals surface area contributed by atoms with E-state index in [9.17, 15) is 9.90 Å². The van der Waals surface area contributed by atoms with Crippen LogP contribution < -0.4 is 4.90 Å². The second-order valence-electron chi connectivity index (χ2n) is 7.98. The highest BCUT2D eigenvalue weighted by atomic mass is 79.9. The highest BCUT2D eigenvalue weighted by Crippen LogP contribution is 2.44. The fraction of sp³-hybridized carbons (Fsp3) is 0.684. The van der Waals surface area contributed by atoms with Crippen LogP contribution in [0.15, 0.2) is 16.7 Å². The number of piperidine rings is 1. The molecule has 1 N–H and O–H groups in total. The first-order chi connectivity index (χ1) is 12.5. The topological polar surface area (TPSA) is 56.7 Å². The predicted octanol–water partition coefficient (Wildman–Crippen LogP) is 3.62. The molecular formula is C19H25BrClN3O2. The zero-order valence-corrected chi connectivity index (χ0v) is 17.2. The minimum absolute atomic E-state index is 0.186. The number of amides is 1. The van der Waals surface area contributed by atoms with Gasteiger partial charge in [0.2, 0.25) is 5.91 Å². The Morgan fingerprint density at radius 2 is 2.00 bits per heavy atom. The number of aliphatic hydroxyl groups is 1. The third-order valence-corrected chi connectivity index (χ3v) is 7.08. The molecule has 3 heterocycles. The van der Waals surface area contributed by atoms with Crippen LogP contribution in [-0.2, 0) is 4.79 Å². The maximum atomic E-state index is 13.4. The number of rotatable bonds is 2. The van der Waals surface area contributed by atoms with Crippen LogP contribution in [0.2, 0.25) is 5.15 Å². The number of aromatic nitrogens is 1. The summed E-state index contributed by atoms with van der Waals surface area (Å²) in [4.78, 5) is 22.0. The van der Waals surface area contributed by atoms with Gasteiger partial charge in [-0.1, -0.05) is 11.6 Å². The van der Waals surface area contributed by atoms with Crippen molar-refractivity contribution in [1.82, 2.24) is 9.88 Å². The van der Waals surface area contributed by atoms with Crippen LogP contribution in [0, 0.1) is 5.41 Å². The van der Waals surface area contributed by atoms with E-state index < -0.39 is 0 Å². The smallest absolute Gasteiger partial charge is 0.230 e. The van der Waals surface area contributed by atoms with Gasteiger partial charge in [-0.3, -0.25) is 4.79 Å². The molecule has 1 aromatic rings. The van der Waals surface area contributed by atoms with E-state index in [1.54, 1.807) is 6.20 Å². The summed E-state index contributed by atoms with van der Waals surface area (Å²) >= 11 is 9.81. The van der Waals surface area contributed by atoms with Crippen LogP contribution >= 0.6 is 27.5 Å². The van der Waals surface area contributed by atoms with E-state index >= 15 is 0 Å². The summed E-state index contributed by atoms with van der Waals surface area (Å²) in [6.07, 6.45) is 7.85. The lowest BCUT2D eigenvalue weighted by molar-refractivity contribution is -0.139. The van der Waals surface area contributed by atoms with Gasteiger partial charge < -0.3 is 14.9 Å². The Balaban J connectivity index is 1.51. The lowest BCUT2D eigenvalue weighted by Crippen LogP contribution is -2.50. The second kappa shape index (κ2) is 7.28. The predicted molar refractivity (Wildman–Crippen MR) is 105 cm³/mol. The van der Waals surface area contributed by atoms with E-state index in [4.69, 9.17) is 11.6 Å². The minimum Gasteiger partial charge on any atom is -0.393 e. The highest BCUT2D eigenvalue weighted by molar-refractivity contribution is 9.10. The van der Waals surface area contributed by atoms with Crippen LogP contribution in [0.25, 0.3) is 0 Å². The van der Waals surface area contributed by atoms with Gasteiger partial charge >= 0.3 is 0 Å². The molecule has 2 aliphatic heterocycles. The van der Waals surface area contributed by atoms with Gasteiger partial charge in [-0.2, -0.15) is 0 Å². The number of nitrogens with zero attached hydrogens (tertiary/aromatic N) is 3. The number of anilines is 1. The first kappa shape index (κ1) is 18.5. The molecule has 4 rings (SSSR count). The first-order valence-electron chi connectivity index (χ1n) is 9.54. The van der Waals surface area contributed by atoms with Crippen molar-refractivity contribution in [3.63, 3.8) is 0 Å². The summed E-state index contributed by atoms with van der Waals surface area (Å²) in [5.41, 5.74) is 0.618. The van der Waals surface area contributed by atoms with Crippen molar-refractivity contribution >= 4 is 39.1 Å². The average molecular weight is 443 g/mol. The fourth-order valence-electron chi connectivity index (χ4n) is 4.92. The van der Waals surface area contributed by atoms with Crippen molar-refractivity contribution < 1.29 is 9.90 Å². The molecule has 7 heteroatoms. The van der Waals surface area contributed by atoms with Gasteiger partial charge in [-0.15, -0.1) is 0 Å². The lowest BCUT2D eigenvalue weighted by Gasteiger charge is -2.41. The molecule has 0 bridgehead atoms. The summed E-state index contributed by atoms with van der Waals surface area (Å²) in [6.45, 7) is 2.47. The van der Waals surface area contributed by atoms with E-state index in [-0.39, 0.29) is 11.5 Å². The summed E-state index contributed by atoms with van der Waals surface area (Å²) in [7, 11) is 0. The maximum absolute atomic E-state index is 13.4. The maximum Gasteiger partial charge on any atom is 0.230 e. The van der Waals surface area contributed by atoms with Crippen molar-refractivity contribution in [2.75, 3.05) is 24.5 Å². The summed E-state index contributed by atoms with van der Waals surface area (Å²) < 4.78 is 0.900. The van der Waals surface area contributed by atoms with E-state index in [1.165, 1.54) is 0 Å². The number of hydrogen-bond donors (Lipinski definition) is 1. The molecule has 0 aromatic carbocycles.